The molecule has 1 amide bonds. The minimum absolute atomic E-state index is 0.260. The van der Waals surface area contributed by atoms with E-state index in [0.29, 0.717) is 10.8 Å². The predicted octanol–water partition coefficient (Wildman–Crippen LogP) is 2.65. The molecule has 0 atom stereocenters. The molecule has 0 aliphatic rings. The first-order chi connectivity index (χ1) is 9.22. The zero-order chi connectivity index (χ0) is 13.2. The number of fused-ring (bicyclic) bond motifs is 1. The van der Waals surface area contributed by atoms with Gasteiger partial charge in [-0.05, 0) is 25.1 Å². The zero-order valence-electron chi connectivity index (χ0n) is 10.1. The molecular formula is C13H10N4OS. The highest BCUT2D eigenvalue weighted by Gasteiger charge is 2.10. The highest BCUT2D eigenvalue weighted by Crippen LogP contribution is 2.25. The SMILES string of the molecule is Cc1cc2sc(NC(=O)c3ccccn3)nc2cn1. The lowest BCUT2D eigenvalue weighted by molar-refractivity contribution is 0.102. The molecule has 3 heterocycles. The van der Waals surface area contributed by atoms with Gasteiger partial charge in [0.05, 0.1) is 10.9 Å². The van der Waals surface area contributed by atoms with Crippen LogP contribution in [0.3, 0.4) is 0 Å². The maximum absolute atomic E-state index is 11.9. The highest BCUT2D eigenvalue weighted by molar-refractivity contribution is 7.22. The fourth-order valence-electron chi connectivity index (χ4n) is 1.64. The van der Waals surface area contributed by atoms with E-state index < -0.39 is 0 Å². The normalized spacial score (nSPS) is 10.6. The molecule has 0 spiro atoms. The summed E-state index contributed by atoms with van der Waals surface area (Å²) in [6.45, 7) is 1.92. The maximum atomic E-state index is 11.9. The number of aryl methyl sites for hydroxylation is 1. The van der Waals surface area contributed by atoms with Crippen LogP contribution in [0.25, 0.3) is 10.2 Å². The monoisotopic (exact) mass is 270 g/mol. The van der Waals surface area contributed by atoms with E-state index in [1.807, 2.05) is 13.0 Å². The van der Waals surface area contributed by atoms with Crippen LogP contribution in [0.15, 0.2) is 36.7 Å². The Balaban J connectivity index is 1.87. The number of pyridine rings is 2. The summed E-state index contributed by atoms with van der Waals surface area (Å²) < 4.78 is 1.00. The summed E-state index contributed by atoms with van der Waals surface area (Å²) in [5.74, 6) is -0.260. The standard InChI is InChI=1S/C13H10N4OS/c1-8-6-11-10(7-15-8)16-13(19-11)17-12(18)9-4-2-3-5-14-9/h2-7H,1H3,(H,16,17,18). The molecule has 94 valence electrons. The van der Waals surface area contributed by atoms with E-state index >= 15 is 0 Å². The Labute approximate surface area is 113 Å². The molecule has 3 rings (SSSR count). The number of carbonyl (C=O) groups is 1. The largest absolute Gasteiger partial charge is 0.296 e. The summed E-state index contributed by atoms with van der Waals surface area (Å²) in [5.41, 5.74) is 2.08. The van der Waals surface area contributed by atoms with Gasteiger partial charge in [0.1, 0.15) is 11.2 Å². The Morgan fingerprint density at radius 2 is 2.21 bits per heavy atom. The van der Waals surface area contributed by atoms with Crippen molar-refractivity contribution >= 4 is 32.6 Å². The third kappa shape index (κ3) is 2.43. The van der Waals surface area contributed by atoms with Crippen molar-refractivity contribution in [2.45, 2.75) is 6.92 Å². The van der Waals surface area contributed by atoms with Crippen LogP contribution in [0, 0.1) is 6.92 Å². The summed E-state index contributed by atoms with van der Waals surface area (Å²) in [5, 5.41) is 3.30. The molecule has 1 N–H and O–H groups in total. The molecular weight excluding hydrogens is 260 g/mol. The van der Waals surface area contributed by atoms with E-state index in [4.69, 9.17) is 0 Å². The molecule has 5 nitrogen and oxygen atoms in total. The van der Waals surface area contributed by atoms with Crippen molar-refractivity contribution in [2.75, 3.05) is 5.32 Å². The van der Waals surface area contributed by atoms with Gasteiger partial charge < -0.3 is 0 Å². The van der Waals surface area contributed by atoms with Crippen molar-refractivity contribution in [2.24, 2.45) is 0 Å². The first kappa shape index (κ1) is 11.7. The van der Waals surface area contributed by atoms with Crippen LogP contribution in [0.4, 0.5) is 5.13 Å². The first-order valence-electron chi connectivity index (χ1n) is 5.68. The van der Waals surface area contributed by atoms with Crippen LogP contribution in [0.5, 0.6) is 0 Å². The number of rotatable bonds is 2. The predicted molar refractivity (Wildman–Crippen MR) is 74.3 cm³/mol. The topological polar surface area (TPSA) is 67.8 Å². The van der Waals surface area contributed by atoms with Crippen molar-refractivity contribution in [3.8, 4) is 0 Å². The van der Waals surface area contributed by atoms with Crippen LogP contribution >= 0.6 is 11.3 Å². The van der Waals surface area contributed by atoms with Gasteiger partial charge in [0.2, 0.25) is 0 Å². The molecule has 0 unspecified atom stereocenters. The van der Waals surface area contributed by atoms with Crippen LogP contribution in [-0.2, 0) is 0 Å². The number of aromatic nitrogens is 3. The molecule has 19 heavy (non-hydrogen) atoms. The third-order valence-corrected chi connectivity index (χ3v) is 3.46. The lowest BCUT2D eigenvalue weighted by atomic mass is 10.3. The van der Waals surface area contributed by atoms with E-state index in [0.717, 1.165) is 15.9 Å². The summed E-state index contributed by atoms with van der Waals surface area (Å²) in [6, 6.07) is 7.15. The van der Waals surface area contributed by atoms with Gasteiger partial charge in [0.25, 0.3) is 5.91 Å². The smallest absolute Gasteiger partial charge is 0.276 e. The van der Waals surface area contributed by atoms with Crippen molar-refractivity contribution in [3.05, 3.63) is 48.0 Å². The maximum Gasteiger partial charge on any atom is 0.276 e. The van der Waals surface area contributed by atoms with Gasteiger partial charge in [0, 0.05) is 11.9 Å². The number of thiazole rings is 1. The molecule has 0 radical (unpaired) electrons. The third-order valence-electron chi connectivity index (χ3n) is 2.53. The fourth-order valence-corrected chi connectivity index (χ4v) is 2.57. The van der Waals surface area contributed by atoms with E-state index in [9.17, 15) is 4.79 Å². The molecule has 0 aliphatic heterocycles. The highest BCUT2D eigenvalue weighted by atomic mass is 32.1. The Bertz CT molecular complexity index is 739. The average Bonchev–Trinajstić information content (AvgIpc) is 2.81. The summed E-state index contributed by atoms with van der Waals surface area (Å²) in [4.78, 5) is 24.4. The molecule has 0 bridgehead atoms. The van der Waals surface area contributed by atoms with E-state index in [-0.39, 0.29) is 5.91 Å². The minimum atomic E-state index is -0.260. The van der Waals surface area contributed by atoms with E-state index in [1.165, 1.54) is 11.3 Å². The van der Waals surface area contributed by atoms with Crippen molar-refractivity contribution < 1.29 is 4.79 Å². The van der Waals surface area contributed by atoms with Gasteiger partial charge in [-0.3, -0.25) is 20.1 Å². The van der Waals surface area contributed by atoms with Crippen molar-refractivity contribution in [1.29, 1.82) is 0 Å². The second-order valence-corrected chi connectivity index (χ2v) is 5.01. The molecule has 0 aromatic carbocycles. The van der Waals surface area contributed by atoms with Gasteiger partial charge >= 0.3 is 0 Å². The van der Waals surface area contributed by atoms with E-state index in [2.05, 4.69) is 20.3 Å². The molecule has 3 aromatic rings. The van der Waals surface area contributed by atoms with Crippen LogP contribution < -0.4 is 5.32 Å². The lowest BCUT2D eigenvalue weighted by Crippen LogP contribution is -2.12. The second-order valence-electron chi connectivity index (χ2n) is 3.98. The molecule has 0 saturated heterocycles. The number of carbonyl (C=O) groups excluding carboxylic acids is 1. The number of hydrogen-bond donors (Lipinski definition) is 1. The second kappa shape index (κ2) is 4.74. The van der Waals surface area contributed by atoms with Gasteiger partial charge in [0.15, 0.2) is 5.13 Å². The number of amides is 1. The number of nitrogens with zero attached hydrogens (tertiary/aromatic N) is 3. The first-order valence-corrected chi connectivity index (χ1v) is 6.49. The van der Waals surface area contributed by atoms with Gasteiger partial charge in [-0.25, -0.2) is 4.98 Å². The Hall–Kier alpha value is -2.34. The fraction of sp³-hybridized carbons (Fsp3) is 0.0769. The van der Waals surface area contributed by atoms with Gasteiger partial charge in [-0.15, -0.1) is 0 Å². The molecule has 6 heteroatoms. The van der Waals surface area contributed by atoms with E-state index in [1.54, 1.807) is 30.6 Å². The number of nitrogens with one attached hydrogen (secondary N) is 1. The average molecular weight is 270 g/mol. The zero-order valence-corrected chi connectivity index (χ0v) is 10.9. The molecule has 0 saturated carbocycles. The Morgan fingerprint density at radius 1 is 1.32 bits per heavy atom. The van der Waals surface area contributed by atoms with Crippen LogP contribution in [0.1, 0.15) is 16.2 Å². The molecule has 0 aliphatic carbocycles. The number of anilines is 1. The number of hydrogen-bond acceptors (Lipinski definition) is 5. The van der Waals surface area contributed by atoms with Crippen LogP contribution in [-0.4, -0.2) is 20.9 Å². The molecule has 0 fully saturated rings. The molecule has 3 aromatic heterocycles. The van der Waals surface area contributed by atoms with Crippen LogP contribution in [0.2, 0.25) is 0 Å². The van der Waals surface area contributed by atoms with Crippen molar-refractivity contribution in [1.82, 2.24) is 15.0 Å². The quantitative estimate of drug-likeness (QED) is 0.777. The summed E-state index contributed by atoms with van der Waals surface area (Å²) >= 11 is 1.42. The summed E-state index contributed by atoms with van der Waals surface area (Å²) in [6.07, 6.45) is 3.29. The Kier molecular flexibility index (Phi) is 2.92. The van der Waals surface area contributed by atoms with Gasteiger partial charge in [-0.1, -0.05) is 17.4 Å². The lowest BCUT2D eigenvalue weighted by Gasteiger charge is -1.99. The minimum Gasteiger partial charge on any atom is -0.296 e. The summed E-state index contributed by atoms with van der Waals surface area (Å²) in [7, 11) is 0. The Morgan fingerprint density at radius 3 is 3.00 bits per heavy atom. The van der Waals surface area contributed by atoms with Crippen molar-refractivity contribution in [3.63, 3.8) is 0 Å². The van der Waals surface area contributed by atoms with Gasteiger partial charge in [-0.2, -0.15) is 0 Å².